The van der Waals surface area contributed by atoms with Crippen LogP contribution < -0.4 is 0 Å². The first-order valence-corrected chi connectivity index (χ1v) is 14.0. The van der Waals surface area contributed by atoms with Gasteiger partial charge in [-0.2, -0.15) is 0 Å². The normalized spacial score (nSPS) is 15.2. The predicted octanol–water partition coefficient (Wildman–Crippen LogP) is 6.54. The van der Waals surface area contributed by atoms with Crippen molar-refractivity contribution < 1.29 is 23.9 Å². The van der Waals surface area contributed by atoms with Crippen LogP contribution in [0.4, 0.5) is 0 Å². The summed E-state index contributed by atoms with van der Waals surface area (Å²) in [5.74, 6) is 0. The molecular weight excluding hydrogens is 409 g/mol. The Morgan fingerprint density at radius 1 is 0.710 bits per heavy atom. The van der Waals surface area contributed by atoms with Crippen LogP contribution in [0.25, 0.3) is 0 Å². The number of nitrogens with zero attached hydrogens (tertiary/aromatic N) is 1. The number of likely N-dealkylation sites (N-methyl/N-ethyl adjacent to an activating group) is 1. The summed E-state index contributed by atoms with van der Waals surface area (Å²) in [6.45, 7) is 2.30. The second-order valence-electron chi connectivity index (χ2n) is 10.0. The van der Waals surface area contributed by atoms with Gasteiger partial charge in [0.1, 0.15) is 6.54 Å². The molecular formula is C25H51NO4P+. The van der Waals surface area contributed by atoms with E-state index in [-0.39, 0.29) is 13.0 Å². The average Bonchev–Trinajstić information content (AvgIpc) is 2.65. The number of aliphatic hydroxyl groups is 1. The van der Waals surface area contributed by atoms with Crippen molar-refractivity contribution in [1.29, 1.82) is 0 Å². The molecule has 0 aliphatic heterocycles. The number of quaternary nitrogens is 1. The zero-order valence-corrected chi connectivity index (χ0v) is 21.7. The molecule has 0 fully saturated rings. The van der Waals surface area contributed by atoms with Gasteiger partial charge in [-0.1, -0.05) is 69.8 Å². The van der Waals surface area contributed by atoms with Crippen LogP contribution in [0.2, 0.25) is 0 Å². The molecule has 0 aliphatic carbocycles. The minimum absolute atomic E-state index is 0.0524. The van der Waals surface area contributed by atoms with Crippen LogP contribution >= 0.6 is 7.60 Å². The van der Waals surface area contributed by atoms with Crippen LogP contribution in [0.3, 0.4) is 0 Å². The molecule has 1 unspecified atom stereocenters. The molecule has 0 radical (unpaired) electrons. The number of unbranched alkanes of at least 4 members (excludes halogenated alkanes) is 11. The van der Waals surface area contributed by atoms with Gasteiger partial charge in [-0.3, -0.25) is 4.57 Å². The molecule has 0 aromatic heterocycles. The first kappa shape index (κ1) is 30.6. The smallest absolute Gasteiger partial charge is 0.362 e. The third-order valence-corrected chi connectivity index (χ3v) is 6.97. The van der Waals surface area contributed by atoms with Crippen molar-refractivity contribution >= 4 is 7.60 Å². The summed E-state index contributed by atoms with van der Waals surface area (Å²) < 4.78 is 12.1. The Morgan fingerprint density at radius 3 is 1.58 bits per heavy atom. The van der Waals surface area contributed by atoms with Gasteiger partial charge in [-0.25, -0.2) is 0 Å². The van der Waals surface area contributed by atoms with Crippen LogP contribution in [0.15, 0.2) is 24.3 Å². The predicted molar refractivity (Wildman–Crippen MR) is 133 cm³/mol. The lowest BCUT2D eigenvalue weighted by atomic mass is 10.1. The number of hydrogen-bond donors (Lipinski definition) is 3. The summed E-state index contributed by atoms with van der Waals surface area (Å²) in [6.07, 6.45) is 25.4. The van der Waals surface area contributed by atoms with Gasteiger partial charge in [0.05, 0.1) is 21.1 Å². The van der Waals surface area contributed by atoms with Crippen molar-refractivity contribution in [1.82, 2.24) is 0 Å². The summed E-state index contributed by atoms with van der Waals surface area (Å²) in [6, 6.07) is 0. The largest absolute Gasteiger partial charge is 0.373 e. The highest BCUT2D eigenvalue weighted by molar-refractivity contribution is 7.53. The van der Waals surface area contributed by atoms with Crippen molar-refractivity contribution in [3.8, 4) is 0 Å². The van der Waals surface area contributed by atoms with E-state index in [0.29, 0.717) is 10.9 Å². The highest BCUT2D eigenvalue weighted by Gasteiger charge is 2.48. The molecule has 0 rings (SSSR count). The Kier molecular flexibility index (Phi) is 16.8. The summed E-state index contributed by atoms with van der Waals surface area (Å²) in [5.41, 5.74) is 0. The van der Waals surface area contributed by atoms with Crippen LogP contribution in [0.5, 0.6) is 0 Å². The minimum atomic E-state index is -4.55. The van der Waals surface area contributed by atoms with Gasteiger partial charge in [0.2, 0.25) is 5.34 Å². The van der Waals surface area contributed by atoms with E-state index in [1.54, 1.807) is 0 Å². The Morgan fingerprint density at radius 2 is 1.13 bits per heavy atom. The first-order valence-electron chi connectivity index (χ1n) is 12.4. The van der Waals surface area contributed by atoms with E-state index in [0.717, 1.165) is 38.5 Å². The molecule has 0 bridgehead atoms. The topological polar surface area (TPSA) is 77.8 Å². The monoisotopic (exact) mass is 460 g/mol. The molecule has 0 saturated carbocycles. The highest BCUT2D eigenvalue weighted by atomic mass is 31.2. The number of hydrogen-bond acceptors (Lipinski definition) is 2. The van der Waals surface area contributed by atoms with E-state index in [4.69, 9.17) is 0 Å². The Labute approximate surface area is 192 Å². The van der Waals surface area contributed by atoms with E-state index in [9.17, 15) is 19.5 Å². The van der Waals surface area contributed by atoms with Crippen molar-refractivity contribution in [2.45, 2.75) is 109 Å². The van der Waals surface area contributed by atoms with Crippen LogP contribution in [0.1, 0.15) is 103 Å². The second kappa shape index (κ2) is 17.1. The van der Waals surface area contributed by atoms with Crippen molar-refractivity contribution in [3.63, 3.8) is 0 Å². The lowest BCUT2D eigenvalue weighted by Crippen LogP contribution is -2.49. The van der Waals surface area contributed by atoms with Crippen LogP contribution in [-0.2, 0) is 4.57 Å². The van der Waals surface area contributed by atoms with Crippen molar-refractivity contribution in [2.24, 2.45) is 0 Å². The molecule has 184 valence electrons. The maximum Gasteiger partial charge on any atom is 0.362 e. The second-order valence-corrected chi connectivity index (χ2v) is 11.9. The highest BCUT2D eigenvalue weighted by Crippen LogP contribution is 2.52. The fourth-order valence-electron chi connectivity index (χ4n) is 3.79. The van der Waals surface area contributed by atoms with E-state index < -0.39 is 12.9 Å². The Bertz CT molecular complexity index is 536. The van der Waals surface area contributed by atoms with Gasteiger partial charge in [-0.15, -0.1) is 0 Å². The zero-order chi connectivity index (χ0) is 23.6. The van der Waals surface area contributed by atoms with Gasteiger partial charge in [-0.05, 0) is 57.8 Å². The van der Waals surface area contributed by atoms with Gasteiger partial charge < -0.3 is 19.4 Å². The lowest BCUT2D eigenvalue weighted by Gasteiger charge is -2.35. The van der Waals surface area contributed by atoms with Gasteiger partial charge in [0.25, 0.3) is 0 Å². The minimum Gasteiger partial charge on any atom is -0.373 e. The maximum absolute atomic E-state index is 11.8. The summed E-state index contributed by atoms with van der Waals surface area (Å²) in [4.78, 5) is 19.2. The zero-order valence-electron chi connectivity index (χ0n) is 20.8. The maximum atomic E-state index is 11.8. The van der Waals surface area contributed by atoms with E-state index in [2.05, 4.69) is 31.2 Å². The van der Waals surface area contributed by atoms with Crippen molar-refractivity contribution in [2.75, 3.05) is 27.7 Å². The quantitative estimate of drug-likeness (QED) is 0.0834. The summed E-state index contributed by atoms with van der Waals surface area (Å²) in [5, 5.41) is 8.61. The molecule has 6 heteroatoms. The standard InChI is InChI=1S/C25H50NO4P/c1-5-6-7-8-9-10-11-12-13-14-15-16-17-18-19-20-21-22-23-25(27,31(28,29)30)24-26(2,3)4/h10-11,15-16,27H,5-9,12-14,17-24H2,1-4H3,(H-,28,29,30)/p+1/b11-10-,16-15-. The fourth-order valence-corrected chi connectivity index (χ4v) is 4.85. The SMILES string of the molecule is CCCCCC/C=C\CCC/C=C\CCCCCCCC(O)(C[N+](C)(C)C)P(=O)(O)O. The van der Waals surface area contributed by atoms with Crippen molar-refractivity contribution in [3.05, 3.63) is 24.3 Å². The van der Waals surface area contributed by atoms with Gasteiger partial charge in [0.15, 0.2) is 0 Å². The molecule has 3 N–H and O–H groups in total. The van der Waals surface area contributed by atoms with E-state index >= 15 is 0 Å². The molecule has 0 saturated heterocycles. The number of allylic oxidation sites excluding steroid dienone is 4. The Balaban J connectivity index is 3.72. The van der Waals surface area contributed by atoms with Crippen LogP contribution in [0, 0.1) is 0 Å². The molecule has 0 aliphatic rings. The average molecular weight is 461 g/mol. The van der Waals surface area contributed by atoms with E-state index in [1.165, 1.54) is 44.9 Å². The van der Waals surface area contributed by atoms with Crippen LogP contribution in [-0.4, -0.2) is 52.4 Å². The molecule has 0 heterocycles. The summed E-state index contributed by atoms with van der Waals surface area (Å²) >= 11 is 0. The fraction of sp³-hybridized carbons (Fsp3) is 0.840. The molecule has 0 aromatic rings. The third-order valence-electron chi connectivity index (χ3n) is 5.52. The summed E-state index contributed by atoms with van der Waals surface area (Å²) in [7, 11) is 0.951. The van der Waals surface area contributed by atoms with Gasteiger partial charge >= 0.3 is 7.60 Å². The molecule has 0 amide bonds. The first-order chi connectivity index (χ1) is 14.5. The lowest BCUT2D eigenvalue weighted by molar-refractivity contribution is -0.875. The van der Waals surface area contributed by atoms with Gasteiger partial charge in [0, 0.05) is 0 Å². The third kappa shape index (κ3) is 17.7. The number of rotatable bonds is 20. The molecule has 1 atom stereocenters. The molecule has 0 spiro atoms. The molecule has 31 heavy (non-hydrogen) atoms. The Hall–Kier alpha value is -0.450. The molecule has 5 nitrogen and oxygen atoms in total. The molecule has 0 aromatic carbocycles. The van der Waals surface area contributed by atoms with E-state index in [1.807, 2.05) is 21.1 Å².